The maximum absolute atomic E-state index is 5.65. The van der Waals surface area contributed by atoms with Gasteiger partial charge in [-0.15, -0.1) is 0 Å². The lowest BCUT2D eigenvalue weighted by atomic mass is 9.74. The summed E-state index contributed by atoms with van der Waals surface area (Å²) < 4.78 is 5.63. The van der Waals surface area contributed by atoms with Gasteiger partial charge in [0, 0.05) is 18.0 Å². The largest absolute Gasteiger partial charge is 0.334 e. The Kier molecular flexibility index (Phi) is 4.56. The van der Waals surface area contributed by atoms with Crippen LogP contribution in [0.15, 0.2) is 35.1 Å². The molecule has 0 saturated heterocycles. The second kappa shape index (κ2) is 6.89. The molecule has 2 heterocycles. The molecular weight excluding hydrogens is 336 g/mol. The first kappa shape index (κ1) is 17.9. The molecule has 0 unspecified atom stereocenters. The summed E-state index contributed by atoms with van der Waals surface area (Å²) >= 11 is 0. The van der Waals surface area contributed by atoms with Crippen LogP contribution in [-0.4, -0.2) is 21.7 Å². The molecule has 0 bridgehead atoms. The van der Waals surface area contributed by atoms with Gasteiger partial charge in [-0.3, -0.25) is 4.98 Å². The number of nitrogens with zero attached hydrogens (tertiary/aromatic N) is 3. The zero-order valence-corrected chi connectivity index (χ0v) is 16.2. The summed E-state index contributed by atoms with van der Waals surface area (Å²) in [6, 6.07) is 6.28. The first-order valence-electron chi connectivity index (χ1n) is 9.57. The summed E-state index contributed by atoms with van der Waals surface area (Å²) in [5.41, 5.74) is 12.9. The number of fused-ring (bicyclic) bond motifs is 1. The lowest BCUT2D eigenvalue weighted by molar-refractivity contribution is 0.314. The summed E-state index contributed by atoms with van der Waals surface area (Å²) in [7, 11) is 0. The van der Waals surface area contributed by atoms with Gasteiger partial charge >= 0.3 is 0 Å². The van der Waals surface area contributed by atoms with Crippen molar-refractivity contribution in [1.82, 2.24) is 15.1 Å². The van der Waals surface area contributed by atoms with Crippen molar-refractivity contribution in [2.75, 3.05) is 6.54 Å². The third kappa shape index (κ3) is 3.52. The molecule has 0 radical (unpaired) electrons. The first-order valence-corrected chi connectivity index (χ1v) is 9.57. The maximum Gasteiger partial charge on any atom is 0.260 e. The van der Waals surface area contributed by atoms with Crippen molar-refractivity contribution in [2.45, 2.75) is 46.5 Å². The summed E-state index contributed by atoms with van der Waals surface area (Å²) in [5.74, 6) is 1.18. The van der Waals surface area contributed by atoms with E-state index in [4.69, 9.17) is 10.3 Å². The predicted octanol–water partition coefficient (Wildman–Crippen LogP) is 4.12. The highest BCUT2D eigenvalue weighted by Gasteiger charge is 2.28. The average molecular weight is 362 g/mol. The Morgan fingerprint density at radius 3 is 2.81 bits per heavy atom. The van der Waals surface area contributed by atoms with E-state index in [1.807, 2.05) is 12.4 Å². The fourth-order valence-electron chi connectivity index (χ4n) is 3.97. The van der Waals surface area contributed by atoms with Gasteiger partial charge in [-0.25, -0.2) is 0 Å². The molecule has 4 rings (SSSR count). The number of hydrogen-bond acceptors (Lipinski definition) is 5. The monoisotopic (exact) mass is 362 g/mol. The van der Waals surface area contributed by atoms with Crippen LogP contribution in [-0.2, 0) is 19.3 Å². The molecular formula is C22H26N4O. The fourth-order valence-corrected chi connectivity index (χ4v) is 3.97. The number of pyridine rings is 1. The second-order valence-corrected chi connectivity index (χ2v) is 8.28. The van der Waals surface area contributed by atoms with E-state index in [-0.39, 0.29) is 0 Å². The van der Waals surface area contributed by atoms with Crippen molar-refractivity contribution in [2.24, 2.45) is 11.1 Å². The molecule has 0 aliphatic heterocycles. The van der Waals surface area contributed by atoms with Gasteiger partial charge in [0.05, 0.1) is 5.56 Å². The molecule has 0 spiro atoms. The topological polar surface area (TPSA) is 77.8 Å². The van der Waals surface area contributed by atoms with Crippen LogP contribution in [0.25, 0.3) is 22.8 Å². The molecule has 0 saturated carbocycles. The summed E-state index contributed by atoms with van der Waals surface area (Å²) in [6.45, 7) is 7.34. The Balaban J connectivity index is 1.68. The number of rotatable bonds is 4. The van der Waals surface area contributed by atoms with Crippen molar-refractivity contribution in [3.05, 3.63) is 52.8 Å². The van der Waals surface area contributed by atoms with E-state index in [1.54, 1.807) is 0 Å². The third-order valence-electron chi connectivity index (χ3n) is 5.49. The van der Waals surface area contributed by atoms with Crippen molar-refractivity contribution in [3.8, 4) is 22.8 Å². The van der Waals surface area contributed by atoms with Crippen molar-refractivity contribution < 1.29 is 4.52 Å². The van der Waals surface area contributed by atoms with E-state index in [2.05, 4.69) is 54.1 Å². The number of aromatic nitrogens is 3. The molecule has 1 aliphatic carbocycles. The van der Waals surface area contributed by atoms with Gasteiger partial charge in [-0.1, -0.05) is 37.2 Å². The molecule has 5 nitrogen and oxygen atoms in total. The molecule has 0 amide bonds. The van der Waals surface area contributed by atoms with Crippen LogP contribution < -0.4 is 5.73 Å². The zero-order valence-electron chi connectivity index (χ0n) is 16.2. The lowest BCUT2D eigenvalue weighted by Gasteiger charge is -2.31. The van der Waals surface area contributed by atoms with E-state index in [1.165, 1.54) is 16.7 Å². The fraction of sp³-hybridized carbons (Fsp3) is 0.409. The summed E-state index contributed by atoms with van der Waals surface area (Å²) in [4.78, 5) is 9.12. The number of benzene rings is 1. The highest BCUT2D eigenvalue weighted by Crippen LogP contribution is 2.38. The molecule has 27 heavy (non-hydrogen) atoms. The molecule has 5 heteroatoms. The second-order valence-electron chi connectivity index (χ2n) is 8.28. The van der Waals surface area contributed by atoms with Gasteiger partial charge in [-0.2, -0.15) is 4.98 Å². The van der Waals surface area contributed by atoms with E-state index in [0.29, 0.717) is 23.7 Å². The normalized spacial score (nSPS) is 15.6. The maximum atomic E-state index is 5.65. The van der Waals surface area contributed by atoms with E-state index < -0.39 is 0 Å². The Morgan fingerprint density at radius 2 is 2.04 bits per heavy atom. The standard InChI is InChI=1S/C22H26N4O/c1-14-10-15(7-9-23)4-5-17(14)20-25-21(27-26-20)19-13-24-12-16-11-22(2,3)8-6-18(16)19/h4-5,10,12-13H,6-9,11,23H2,1-3H3. The molecule has 0 fully saturated rings. The van der Waals surface area contributed by atoms with Crippen LogP contribution in [0.3, 0.4) is 0 Å². The van der Waals surface area contributed by atoms with Crippen LogP contribution in [0.4, 0.5) is 0 Å². The van der Waals surface area contributed by atoms with Gasteiger partial charge in [0.15, 0.2) is 0 Å². The minimum atomic E-state index is 0.315. The van der Waals surface area contributed by atoms with Gasteiger partial charge < -0.3 is 10.3 Å². The molecule has 2 N–H and O–H groups in total. The first-order chi connectivity index (χ1) is 13.0. The smallest absolute Gasteiger partial charge is 0.260 e. The van der Waals surface area contributed by atoms with Gasteiger partial charge in [0.2, 0.25) is 5.82 Å². The molecule has 3 aromatic rings. The highest BCUT2D eigenvalue weighted by molar-refractivity contribution is 5.65. The van der Waals surface area contributed by atoms with Crippen LogP contribution in [0, 0.1) is 12.3 Å². The van der Waals surface area contributed by atoms with E-state index >= 15 is 0 Å². The SMILES string of the molecule is Cc1cc(CCN)ccc1-c1noc(-c2cncc3c2CCC(C)(C)C3)n1. The van der Waals surface area contributed by atoms with Crippen LogP contribution in [0.5, 0.6) is 0 Å². The molecule has 1 aliphatic rings. The number of hydrogen-bond donors (Lipinski definition) is 1. The zero-order chi connectivity index (χ0) is 19.0. The van der Waals surface area contributed by atoms with Crippen molar-refractivity contribution in [3.63, 3.8) is 0 Å². The molecule has 1 aromatic carbocycles. The van der Waals surface area contributed by atoms with Crippen molar-refractivity contribution in [1.29, 1.82) is 0 Å². The van der Waals surface area contributed by atoms with Gasteiger partial charge in [0.1, 0.15) is 0 Å². The quantitative estimate of drug-likeness (QED) is 0.755. The number of nitrogens with two attached hydrogens (primary N) is 1. The highest BCUT2D eigenvalue weighted by atomic mass is 16.5. The number of aryl methyl sites for hydroxylation is 1. The molecule has 2 aromatic heterocycles. The minimum Gasteiger partial charge on any atom is -0.334 e. The Hall–Kier alpha value is -2.53. The van der Waals surface area contributed by atoms with Gasteiger partial charge in [-0.05, 0) is 66.8 Å². The Morgan fingerprint density at radius 1 is 1.19 bits per heavy atom. The minimum absolute atomic E-state index is 0.315. The van der Waals surface area contributed by atoms with E-state index in [0.717, 1.165) is 42.4 Å². The van der Waals surface area contributed by atoms with Crippen LogP contribution >= 0.6 is 0 Å². The van der Waals surface area contributed by atoms with Crippen LogP contribution in [0.2, 0.25) is 0 Å². The Labute approximate surface area is 160 Å². The van der Waals surface area contributed by atoms with Crippen LogP contribution in [0.1, 0.15) is 42.5 Å². The predicted molar refractivity (Wildman–Crippen MR) is 106 cm³/mol. The Bertz CT molecular complexity index is 974. The summed E-state index contributed by atoms with van der Waals surface area (Å²) in [6.07, 6.45) is 7.91. The van der Waals surface area contributed by atoms with Crippen molar-refractivity contribution >= 4 is 0 Å². The average Bonchev–Trinajstić information content (AvgIpc) is 3.10. The molecule has 0 atom stereocenters. The van der Waals surface area contributed by atoms with E-state index in [9.17, 15) is 0 Å². The summed E-state index contributed by atoms with van der Waals surface area (Å²) in [5, 5.41) is 4.24. The molecule has 140 valence electrons. The van der Waals surface area contributed by atoms with Gasteiger partial charge in [0.25, 0.3) is 5.89 Å². The third-order valence-corrected chi connectivity index (χ3v) is 5.49. The lowest BCUT2D eigenvalue weighted by Crippen LogP contribution is -2.22.